The van der Waals surface area contributed by atoms with Gasteiger partial charge in [-0.3, -0.25) is 14.9 Å². The van der Waals surface area contributed by atoms with Crippen LogP contribution >= 0.6 is 0 Å². The molecule has 1 aliphatic heterocycles. The predicted molar refractivity (Wildman–Crippen MR) is 123 cm³/mol. The fourth-order valence-corrected chi connectivity index (χ4v) is 3.68. The SMILES string of the molecule is Cc1cc(C(=O)COC(=O)/C=C/c2ccc([N+](=O)[O-])cc2)c(C)n1Cc1ccc2c(c1)OCO2. The first-order valence-corrected chi connectivity index (χ1v) is 10.5. The van der Waals surface area contributed by atoms with Crippen LogP contribution in [0, 0.1) is 24.0 Å². The highest BCUT2D eigenvalue weighted by molar-refractivity contribution is 6.00. The number of nitro benzene ring substituents is 1. The number of ether oxygens (including phenoxy) is 3. The zero-order valence-electron chi connectivity index (χ0n) is 18.6. The maximum Gasteiger partial charge on any atom is 0.331 e. The van der Waals surface area contributed by atoms with Crippen molar-refractivity contribution in [3.63, 3.8) is 0 Å². The van der Waals surface area contributed by atoms with Crippen LogP contribution in [0.4, 0.5) is 5.69 Å². The third-order valence-corrected chi connectivity index (χ3v) is 5.51. The molecule has 0 N–H and O–H groups in total. The summed E-state index contributed by atoms with van der Waals surface area (Å²) in [6.45, 7) is 4.14. The predicted octanol–water partition coefficient (Wildman–Crippen LogP) is 4.23. The second-order valence-electron chi connectivity index (χ2n) is 7.77. The van der Waals surface area contributed by atoms with E-state index in [2.05, 4.69) is 0 Å². The number of fused-ring (bicyclic) bond motifs is 1. The molecule has 2 aromatic carbocycles. The van der Waals surface area contributed by atoms with Crippen LogP contribution in [-0.2, 0) is 16.1 Å². The molecule has 34 heavy (non-hydrogen) atoms. The van der Waals surface area contributed by atoms with E-state index in [1.807, 2.05) is 36.6 Å². The summed E-state index contributed by atoms with van der Waals surface area (Å²) in [5, 5.41) is 10.7. The highest BCUT2D eigenvalue weighted by Gasteiger charge is 2.18. The first kappa shape index (κ1) is 22.8. The monoisotopic (exact) mass is 462 g/mol. The van der Waals surface area contributed by atoms with Gasteiger partial charge in [-0.15, -0.1) is 0 Å². The van der Waals surface area contributed by atoms with Gasteiger partial charge < -0.3 is 18.8 Å². The molecule has 0 radical (unpaired) electrons. The molecule has 9 nitrogen and oxygen atoms in total. The van der Waals surface area contributed by atoms with Gasteiger partial charge in [0.15, 0.2) is 18.1 Å². The lowest BCUT2D eigenvalue weighted by Gasteiger charge is -2.10. The summed E-state index contributed by atoms with van der Waals surface area (Å²) >= 11 is 0. The van der Waals surface area contributed by atoms with Gasteiger partial charge in [0.25, 0.3) is 5.69 Å². The summed E-state index contributed by atoms with van der Waals surface area (Å²) in [5.41, 5.74) is 3.74. The second-order valence-corrected chi connectivity index (χ2v) is 7.77. The average Bonchev–Trinajstić information content (AvgIpc) is 3.41. The third kappa shape index (κ3) is 4.98. The number of benzene rings is 2. The van der Waals surface area contributed by atoms with Crippen molar-refractivity contribution in [3.8, 4) is 11.5 Å². The third-order valence-electron chi connectivity index (χ3n) is 5.51. The van der Waals surface area contributed by atoms with E-state index in [1.54, 1.807) is 6.07 Å². The number of rotatable bonds is 8. The van der Waals surface area contributed by atoms with Gasteiger partial charge in [0.05, 0.1) is 4.92 Å². The minimum absolute atomic E-state index is 0.0403. The van der Waals surface area contributed by atoms with E-state index < -0.39 is 17.5 Å². The van der Waals surface area contributed by atoms with E-state index in [1.165, 1.54) is 36.4 Å². The number of non-ortho nitro benzene ring substituents is 1. The van der Waals surface area contributed by atoms with Crippen LogP contribution in [0.3, 0.4) is 0 Å². The van der Waals surface area contributed by atoms with Crippen LogP contribution in [0.5, 0.6) is 11.5 Å². The Kier molecular flexibility index (Phi) is 6.44. The van der Waals surface area contributed by atoms with Gasteiger partial charge >= 0.3 is 5.97 Å². The Bertz CT molecular complexity index is 1290. The van der Waals surface area contributed by atoms with E-state index in [9.17, 15) is 19.7 Å². The van der Waals surface area contributed by atoms with Gasteiger partial charge in [-0.1, -0.05) is 6.07 Å². The molecular formula is C25H22N2O7. The van der Waals surface area contributed by atoms with Crippen LogP contribution in [0.15, 0.2) is 54.6 Å². The van der Waals surface area contributed by atoms with Gasteiger partial charge in [-0.05, 0) is 61.4 Å². The van der Waals surface area contributed by atoms with Crippen LogP contribution in [-0.4, -0.2) is 34.6 Å². The second kappa shape index (κ2) is 9.62. The van der Waals surface area contributed by atoms with Crippen molar-refractivity contribution in [2.24, 2.45) is 0 Å². The molecule has 0 saturated carbocycles. The van der Waals surface area contributed by atoms with Gasteiger partial charge in [0.2, 0.25) is 12.6 Å². The number of esters is 1. The van der Waals surface area contributed by atoms with Crippen molar-refractivity contribution in [3.05, 3.63) is 92.8 Å². The number of carbonyl (C=O) groups excluding carboxylic acids is 2. The Morgan fingerprint density at radius 3 is 2.56 bits per heavy atom. The number of nitro groups is 1. The molecular weight excluding hydrogens is 440 g/mol. The number of aryl methyl sites for hydroxylation is 1. The zero-order chi connectivity index (χ0) is 24.2. The number of aromatic nitrogens is 1. The van der Waals surface area contributed by atoms with Crippen LogP contribution in [0.25, 0.3) is 6.08 Å². The van der Waals surface area contributed by atoms with Crippen LogP contribution in [0.2, 0.25) is 0 Å². The van der Waals surface area contributed by atoms with E-state index in [-0.39, 0.29) is 18.3 Å². The maximum absolute atomic E-state index is 12.7. The Hall–Kier alpha value is -4.40. The number of Topliss-reactive ketones (excluding diaryl/α,β-unsaturated/α-hetero) is 1. The molecule has 0 atom stereocenters. The summed E-state index contributed by atoms with van der Waals surface area (Å²) < 4.78 is 17.9. The normalized spacial score (nSPS) is 12.2. The van der Waals surface area contributed by atoms with Crippen molar-refractivity contribution in [1.82, 2.24) is 4.57 Å². The molecule has 9 heteroatoms. The molecule has 0 aliphatic carbocycles. The molecule has 174 valence electrons. The minimum atomic E-state index is -0.680. The molecule has 0 bridgehead atoms. The van der Waals surface area contributed by atoms with Gasteiger partial charge in [0.1, 0.15) is 0 Å². The fraction of sp³-hybridized carbons (Fsp3) is 0.200. The number of hydrogen-bond acceptors (Lipinski definition) is 7. The molecule has 0 spiro atoms. The molecule has 0 saturated heterocycles. The first-order valence-electron chi connectivity index (χ1n) is 10.5. The Balaban J connectivity index is 1.36. The molecule has 0 unspecified atom stereocenters. The van der Waals surface area contributed by atoms with E-state index in [4.69, 9.17) is 14.2 Å². The summed E-state index contributed by atoms with van der Waals surface area (Å²) in [6.07, 6.45) is 2.64. The summed E-state index contributed by atoms with van der Waals surface area (Å²) in [6, 6.07) is 13.2. The summed E-state index contributed by atoms with van der Waals surface area (Å²) in [4.78, 5) is 34.9. The molecule has 1 aliphatic rings. The number of nitrogens with zero attached hydrogens (tertiary/aromatic N) is 2. The van der Waals surface area contributed by atoms with Gasteiger partial charge in [0, 0.05) is 41.7 Å². The molecule has 1 aromatic heterocycles. The van der Waals surface area contributed by atoms with Crippen molar-refractivity contribution >= 4 is 23.5 Å². The molecule has 0 amide bonds. The highest BCUT2D eigenvalue weighted by Crippen LogP contribution is 2.33. The topological polar surface area (TPSA) is 110 Å². The van der Waals surface area contributed by atoms with Crippen molar-refractivity contribution in [2.45, 2.75) is 20.4 Å². The standard InChI is InChI=1S/C25H22N2O7/c1-16-11-21(17(2)26(16)13-19-5-9-23-24(12-19)34-15-33-23)22(28)14-32-25(29)10-6-18-3-7-20(8-4-18)27(30)31/h3-12H,13-15H2,1-2H3/b10-6+. The van der Waals surface area contributed by atoms with Gasteiger partial charge in [-0.25, -0.2) is 4.79 Å². The van der Waals surface area contributed by atoms with Crippen molar-refractivity contribution in [2.75, 3.05) is 13.4 Å². The zero-order valence-corrected chi connectivity index (χ0v) is 18.6. The minimum Gasteiger partial charge on any atom is -0.454 e. The van der Waals surface area contributed by atoms with Gasteiger partial charge in [-0.2, -0.15) is 0 Å². The molecule has 0 fully saturated rings. The maximum atomic E-state index is 12.7. The quantitative estimate of drug-likeness (QED) is 0.162. The van der Waals surface area contributed by atoms with Crippen molar-refractivity contribution in [1.29, 1.82) is 0 Å². The lowest BCUT2D eigenvalue weighted by atomic mass is 10.1. The fourth-order valence-electron chi connectivity index (χ4n) is 3.68. The summed E-state index contributed by atoms with van der Waals surface area (Å²) in [5.74, 6) is 0.429. The summed E-state index contributed by atoms with van der Waals surface area (Å²) in [7, 11) is 0. The van der Waals surface area contributed by atoms with E-state index in [0.717, 1.165) is 17.0 Å². The smallest absolute Gasteiger partial charge is 0.331 e. The van der Waals surface area contributed by atoms with Crippen LogP contribution < -0.4 is 9.47 Å². The number of hydrogen-bond donors (Lipinski definition) is 0. The Morgan fingerprint density at radius 1 is 1.09 bits per heavy atom. The molecule has 4 rings (SSSR count). The number of ketones is 1. The lowest BCUT2D eigenvalue weighted by Crippen LogP contribution is -2.13. The Labute approximate surface area is 195 Å². The molecule has 3 aromatic rings. The van der Waals surface area contributed by atoms with E-state index >= 15 is 0 Å². The Morgan fingerprint density at radius 2 is 1.82 bits per heavy atom. The average molecular weight is 462 g/mol. The highest BCUT2D eigenvalue weighted by atomic mass is 16.7. The first-order chi connectivity index (χ1) is 16.3. The molecule has 2 heterocycles. The number of carbonyl (C=O) groups is 2. The van der Waals surface area contributed by atoms with E-state index in [0.29, 0.717) is 29.2 Å². The largest absolute Gasteiger partial charge is 0.454 e. The lowest BCUT2D eigenvalue weighted by molar-refractivity contribution is -0.384. The van der Waals surface area contributed by atoms with Crippen LogP contribution in [0.1, 0.15) is 32.9 Å². The van der Waals surface area contributed by atoms with Crippen molar-refractivity contribution < 1.29 is 28.7 Å².